The molecule has 4 nitrogen and oxygen atoms in total. The molecule has 0 saturated heterocycles. The summed E-state index contributed by atoms with van der Waals surface area (Å²) in [6, 6.07) is 1.73. The van der Waals surface area contributed by atoms with E-state index in [1.165, 1.54) is 0 Å². The number of cyclic esters (lactones) is 1. The second-order valence-electron chi connectivity index (χ2n) is 5.62. The third-order valence-corrected chi connectivity index (χ3v) is 3.58. The quantitative estimate of drug-likeness (QED) is 0.765. The van der Waals surface area contributed by atoms with Crippen LogP contribution in [0.2, 0.25) is 0 Å². The van der Waals surface area contributed by atoms with E-state index in [9.17, 15) is 4.79 Å². The van der Waals surface area contributed by atoms with Crippen LogP contribution in [-0.4, -0.2) is 17.6 Å². The van der Waals surface area contributed by atoms with E-state index in [1.807, 2.05) is 13.8 Å². The summed E-state index contributed by atoms with van der Waals surface area (Å²) in [6.45, 7) is 8.69. The summed E-state index contributed by atoms with van der Waals surface area (Å²) in [5.74, 6) is 0.961. The molecule has 1 aliphatic heterocycles. The Hall–Kier alpha value is -1.58. The smallest absolute Gasteiger partial charge is 0.341 e. The van der Waals surface area contributed by atoms with E-state index < -0.39 is 5.60 Å². The third-order valence-electron chi connectivity index (χ3n) is 3.58. The molecule has 0 N–H and O–H groups in total. The van der Waals surface area contributed by atoms with Crippen molar-refractivity contribution in [3.63, 3.8) is 0 Å². The third kappa shape index (κ3) is 2.88. The molecule has 19 heavy (non-hydrogen) atoms. The van der Waals surface area contributed by atoms with Crippen LogP contribution in [0.4, 0.5) is 0 Å². The Morgan fingerprint density at radius 3 is 2.89 bits per heavy atom. The van der Waals surface area contributed by atoms with Gasteiger partial charge in [0.25, 0.3) is 0 Å². The number of pyridine rings is 1. The van der Waals surface area contributed by atoms with Crippen molar-refractivity contribution in [2.75, 3.05) is 6.61 Å². The summed E-state index contributed by atoms with van der Waals surface area (Å²) in [7, 11) is 0. The fraction of sp³-hybridized carbons (Fsp3) is 0.600. The molecule has 0 amide bonds. The molecule has 104 valence electrons. The lowest BCUT2D eigenvalue weighted by atomic mass is 10.0. The second kappa shape index (κ2) is 5.19. The maximum atomic E-state index is 11.7. The summed E-state index contributed by atoms with van der Waals surface area (Å²) in [4.78, 5) is 16.1. The van der Waals surface area contributed by atoms with Gasteiger partial charge in [-0.2, -0.15) is 0 Å². The molecule has 4 heteroatoms. The number of carbonyl (C=O) groups is 1. The van der Waals surface area contributed by atoms with Gasteiger partial charge in [-0.25, -0.2) is 4.79 Å². The molecule has 0 aromatic carbocycles. The van der Waals surface area contributed by atoms with Gasteiger partial charge >= 0.3 is 5.97 Å². The SMILES string of the molecule is CCC(C)CCOc1cnc2c(c1)C(=O)OC2(C)C. The van der Waals surface area contributed by atoms with E-state index >= 15 is 0 Å². The highest BCUT2D eigenvalue weighted by molar-refractivity contribution is 5.94. The Bertz CT molecular complexity index is 482. The highest BCUT2D eigenvalue weighted by Crippen LogP contribution is 2.35. The highest BCUT2D eigenvalue weighted by atomic mass is 16.6. The summed E-state index contributed by atoms with van der Waals surface area (Å²) in [5.41, 5.74) is 0.569. The molecule has 1 aromatic rings. The zero-order valence-electron chi connectivity index (χ0n) is 12.0. The zero-order chi connectivity index (χ0) is 14.0. The molecule has 1 aliphatic rings. The van der Waals surface area contributed by atoms with Crippen molar-refractivity contribution in [2.24, 2.45) is 5.92 Å². The Kier molecular flexibility index (Phi) is 3.78. The molecule has 2 rings (SSSR count). The van der Waals surface area contributed by atoms with E-state index in [0.29, 0.717) is 29.5 Å². The van der Waals surface area contributed by atoms with Crippen molar-refractivity contribution < 1.29 is 14.3 Å². The van der Waals surface area contributed by atoms with Gasteiger partial charge in [0.1, 0.15) is 11.4 Å². The van der Waals surface area contributed by atoms with Crippen LogP contribution in [0.1, 0.15) is 56.6 Å². The second-order valence-corrected chi connectivity index (χ2v) is 5.62. The summed E-state index contributed by atoms with van der Waals surface area (Å²) < 4.78 is 10.9. The lowest BCUT2D eigenvalue weighted by Gasteiger charge is -2.16. The number of aromatic nitrogens is 1. The maximum absolute atomic E-state index is 11.7. The van der Waals surface area contributed by atoms with E-state index in [-0.39, 0.29) is 5.97 Å². The Balaban J connectivity index is 2.06. The van der Waals surface area contributed by atoms with Crippen molar-refractivity contribution >= 4 is 5.97 Å². The van der Waals surface area contributed by atoms with E-state index in [1.54, 1.807) is 12.3 Å². The standard InChI is InChI=1S/C15H21NO3/c1-5-10(2)6-7-18-11-8-12-13(16-9-11)15(3,4)19-14(12)17/h8-10H,5-7H2,1-4H3. The summed E-state index contributed by atoms with van der Waals surface area (Å²) >= 11 is 0. The average molecular weight is 263 g/mol. The van der Waals surface area contributed by atoms with E-state index in [0.717, 1.165) is 12.8 Å². The number of hydrogen-bond acceptors (Lipinski definition) is 4. The van der Waals surface area contributed by atoms with Crippen LogP contribution < -0.4 is 4.74 Å². The summed E-state index contributed by atoms with van der Waals surface area (Å²) in [5, 5.41) is 0. The van der Waals surface area contributed by atoms with Crippen LogP contribution >= 0.6 is 0 Å². The van der Waals surface area contributed by atoms with Gasteiger partial charge in [0.15, 0.2) is 0 Å². The Morgan fingerprint density at radius 2 is 2.21 bits per heavy atom. The van der Waals surface area contributed by atoms with Gasteiger partial charge in [0.05, 0.1) is 24.1 Å². The van der Waals surface area contributed by atoms with Gasteiger partial charge in [0.2, 0.25) is 0 Å². The lowest BCUT2D eigenvalue weighted by Crippen LogP contribution is -2.17. The first-order chi connectivity index (χ1) is 8.94. The topological polar surface area (TPSA) is 48.4 Å². The molecular formula is C15H21NO3. The van der Waals surface area contributed by atoms with Crippen LogP contribution in [0.3, 0.4) is 0 Å². The van der Waals surface area contributed by atoms with E-state index in [2.05, 4.69) is 18.8 Å². The maximum Gasteiger partial charge on any atom is 0.341 e. The normalized spacial score (nSPS) is 17.8. The highest BCUT2D eigenvalue weighted by Gasteiger charge is 2.39. The number of nitrogens with zero attached hydrogens (tertiary/aromatic N) is 1. The molecule has 0 spiro atoms. The van der Waals surface area contributed by atoms with Gasteiger partial charge in [0, 0.05) is 0 Å². The molecule has 1 unspecified atom stereocenters. The fourth-order valence-electron chi connectivity index (χ4n) is 2.08. The van der Waals surface area contributed by atoms with Gasteiger partial charge in [-0.3, -0.25) is 4.98 Å². The number of hydrogen-bond donors (Lipinski definition) is 0. The number of fused-ring (bicyclic) bond motifs is 1. The Morgan fingerprint density at radius 1 is 1.47 bits per heavy atom. The largest absolute Gasteiger partial charge is 0.492 e. The molecule has 1 atom stereocenters. The predicted molar refractivity (Wildman–Crippen MR) is 72.2 cm³/mol. The fourth-order valence-corrected chi connectivity index (χ4v) is 2.08. The minimum absolute atomic E-state index is 0.320. The minimum Gasteiger partial charge on any atom is -0.492 e. The van der Waals surface area contributed by atoms with Crippen molar-refractivity contribution in [1.29, 1.82) is 0 Å². The first kappa shape index (κ1) is 13.8. The van der Waals surface area contributed by atoms with Crippen LogP contribution in [0.5, 0.6) is 5.75 Å². The summed E-state index contributed by atoms with van der Waals surface area (Å²) in [6.07, 6.45) is 3.81. The van der Waals surface area contributed by atoms with E-state index in [4.69, 9.17) is 9.47 Å². The van der Waals surface area contributed by atoms with Crippen LogP contribution in [0.25, 0.3) is 0 Å². The molecule has 2 heterocycles. The van der Waals surface area contributed by atoms with Crippen LogP contribution in [-0.2, 0) is 10.3 Å². The molecule has 0 radical (unpaired) electrons. The predicted octanol–water partition coefficient (Wildman–Crippen LogP) is 3.30. The van der Waals surface area contributed by atoms with Gasteiger partial charge in [-0.15, -0.1) is 0 Å². The first-order valence-corrected chi connectivity index (χ1v) is 6.80. The first-order valence-electron chi connectivity index (χ1n) is 6.80. The van der Waals surface area contributed by atoms with Gasteiger partial charge < -0.3 is 9.47 Å². The molecular weight excluding hydrogens is 242 g/mol. The van der Waals surface area contributed by atoms with Crippen molar-refractivity contribution in [2.45, 2.75) is 46.1 Å². The lowest BCUT2D eigenvalue weighted by molar-refractivity contribution is 0.00832. The van der Waals surface area contributed by atoms with Crippen molar-refractivity contribution in [3.05, 3.63) is 23.5 Å². The average Bonchev–Trinajstić information content (AvgIpc) is 2.59. The number of rotatable bonds is 5. The molecule has 1 aromatic heterocycles. The molecule has 0 aliphatic carbocycles. The molecule has 0 bridgehead atoms. The van der Waals surface area contributed by atoms with Gasteiger partial charge in [-0.05, 0) is 32.3 Å². The zero-order valence-corrected chi connectivity index (χ0v) is 12.0. The van der Waals surface area contributed by atoms with Crippen LogP contribution in [0.15, 0.2) is 12.3 Å². The number of carbonyl (C=O) groups excluding carboxylic acids is 1. The van der Waals surface area contributed by atoms with Crippen LogP contribution in [0, 0.1) is 5.92 Å². The Labute approximate surface area is 114 Å². The van der Waals surface area contributed by atoms with Gasteiger partial charge in [-0.1, -0.05) is 20.3 Å². The van der Waals surface area contributed by atoms with Crippen molar-refractivity contribution in [1.82, 2.24) is 4.98 Å². The molecule has 0 fully saturated rings. The number of esters is 1. The molecule has 0 saturated carbocycles. The number of ether oxygens (including phenoxy) is 2. The minimum atomic E-state index is -0.637. The van der Waals surface area contributed by atoms with Crippen molar-refractivity contribution in [3.8, 4) is 5.75 Å². The monoisotopic (exact) mass is 263 g/mol.